The van der Waals surface area contributed by atoms with Gasteiger partial charge in [-0.1, -0.05) is 19.9 Å². The second-order valence-corrected chi connectivity index (χ2v) is 4.93. The van der Waals surface area contributed by atoms with Crippen LogP contribution in [0.5, 0.6) is 0 Å². The van der Waals surface area contributed by atoms with Crippen molar-refractivity contribution in [3.63, 3.8) is 0 Å². The third-order valence-electron chi connectivity index (χ3n) is 2.82. The zero-order valence-electron chi connectivity index (χ0n) is 11.7. The number of nitrogens with one attached hydrogen (secondary N) is 1. The van der Waals surface area contributed by atoms with E-state index in [0.717, 1.165) is 12.1 Å². The van der Waals surface area contributed by atoms with Crippen LogP contribution in [0.3, 0.4) is 0 Å². The van der Waals surface area contributed by atoms with Crippen LogP contribution < -0.4 is 11.3 Å². The molecule has 0 atom stereocenters. The summed E-state index contributed by atoms with van der Waals surface area (Å²) in [5.74, 6) is 5.96. The molecule has 1 amide bonds. The van der Waals surface area contributed by atoms with E-state index in [2.05, 4.69) is 19.3 Å². The zero-order valence-corrected chi connectivity index (χ0v) is 11.7. The van der Waals surface area contributed by atoms with Crippen LogP contribution in [0.15, 0.2) is 18.2 Å². The number of nitrogens with two attached hydrogens (primary N) is 1. The van der Waals surface area contributed by atoms with Crippen molar-refractivity contribution in [2.24, 2.45) is 11.8 Å². The number of nitrogens with zero attached hydrogens (tertiary/aromatic N) is 1. The van der Waals surface area contributed by atoms with E-state index in [1.165, 1.54) is 0 Å². The number of hydrazine groups is 1. The molecule has 0 bridgehead atoms. The fraction of sp³-hybridized carbons (Fsp3) is 0.500. The largest absolute Gasteiger partial charge is 0.339 e. The number of hydrogen-bond donors (Lipinski definition) is 2. The lowest BCUT2D eigenvalue weighted by Crippen LogP contribution is -2.34. The Balaban J connectivity index is 3.01. The third-order valence-corrected chi connectivity index (χ3v) is 2.82. The lowest BCUT2D eigenvalue weighted by atomic mass is 10.1. The highest BCUT2D eigenvalue weighted by atomic mass is 16.2. The summed E-state index contributed by atoms with van der Waals surface area (Å²) in [6.45, 7) is 9.63. The van der Waals surface area contributed by atoms with Crippen molar-refractivity contribution in [3.8, 4) is 0 Å². The van der Waals surface area contributed by atoms with Crippen molar-refractivity contribution in [1.82, 2.24) is 4.90 Å². The van der Waals surface area contributed by atoms with Crippen molar-refractivity contribution >= 4 is 11.6 Å². The van der Waals surface area contributed by atoms with Crippen LogP contribution in [-0.4, -0.2) is 23.9 Å². The third kappa shape index (κ3) is 3.47. The van der Waals surface area contributed by atoms with Crippen LogP contribution in [0.4, 0.5) is 5.69 Å². The first-order chi connectivity index (χ1) is 8.49. The summed E-state index contributed by atoms with van der Waals surface area (Å²) in [5.41, 5.74) is 4.99. The second-order valence-electron chi connectivity index (χ2n) is 4.93. The smallest absolute Gasteiger partial charge is 0.256 e. The number of nitrogen functional groups attached to an aromatic ring is 1. The molecule has 0 saturated carbocycles. The number of benzene rings is 1. The van der Waals surface area contributed by atoms with Crippen LogP contribution in [0.1, 0.15) is 36.7 Å². The van der Waals surface area contributed by atoms with E-state index in [4.69, 9.17) is 5.84 Å². The minimum absolute atomic E-state index is 0.0270. The molecule has 0 aliphatic carbocycles. The van der Waals surface area contributed by atoms with E-state index in [1.807, 2.05) is 36.9 Å². The monoisotopic (exact) mass is 249 g/mol. The molecule has 0 spiro atoms. The average molecular weight is 249 g/mol. The zero-order chi connectivity index (χ0) is 13.7. The van der Waals surface area contributed by atoms with E-state index >= 15 is 0 Å². The maximum atomic E-state index is 12.4. The van der Waals surface area contributed by atoms with Crippen LogP contribution in [-0.2, 0) is 0 Å². The fourth-order valence-electron chi connectivity index (χ4n) is 1.93. The predicted octanol–water partition coefficient (Wildman–Crippen LogP) is 2.40. The average Bonchev–Trinajstić information content (AvgIpc) is 2.34. The molecule has 0 aliphatic rings. The van der Waals surface area contributed by atoms with Crippen molar-refractivity contribution in [2.75, 3.05) is 18.5 Å². The standard InChI is InChI=1S/C14H23N3O/c1-5-17(9-10(2)3)14(18)12-7-6-11(4)8-13(12)16-15/h6-8,10,16H,5,9,15H2,1-4H3. The quantitative estimate of drug-likeness (QED) is 0.622. The van der Waals surface area contributed by atoms with Crippen molar-refractivity contribution in [1.29, 1.82) is 0 Å². The topological polar surface area (TPSA) is 58.4 Å². The van der Waals surface area contributed by atoms with Gasteiger partial charge in [0.2, 0.25) is 0 Å². The molecular weight excluding hydrogens is 226 g/mol. The molecule has 0 radical (unpaired) electrons. The molecule has 1 rings (SSSR count). The van der Waals surface area contributed by atoms with Crippen LogP contribution in [0.25, 0.3) is 0 Å². The maximum absolute atomic E-state index is 12.4. The molecule has 1 aromatic carbocycles. The molecule has 18 heavy (non-hydrogen) atoms. The van der Waals surface area contributed by atoms with Gasteiger partial charge in [-0.2, -0.15) is 0 Å². The minimum Gasteiger partial charge on any atom is -0.339 e. The molecule has 1 aromatic rings. The Labute approximate surface area is 109 Å². The molecule has 100 valence electrons. The minimum atomic E-state index is 0.0270. The lowest BCUT2D eigenvalue weighted by molar-refractivity contribution is 0.0746. The predicted molar refractivity (Wildman–Crippen MR) is 75.4 cm³/mol. The van der Waals surface area contributed by atoms with Gasteiger partial charge in [-0.3, -0.25) is 10.6 Å². The Morgan fingerprint density at radius 2 is 2.11 bits per heavy atom. The van der Waals surface area contributed by atoms with Gasteiger partial charge in [-0.25, -0.2) is 0 Å². The molecule has 0 heterocycles. The van der Waals surface area contributed by atoms with Gasteiger partial charge in [-0.05, 0) is 37.5 Å². The molecule has 0 unspecified atom stereocenters. The van der Waals surface area contributed by atoms with Gasteiger partial charge < -0.3 is 10.3 Å². The lowest BCUT2D eigenvalue weighted by Gasteiger charge is -2.24. The van der Waals surface area contributed by atoms with E-state index in [1.54, 1.807) is 0 Å². The second kappa shape index (κ2) is 6.40. The van der Waals surface area contributed by atoms with Crippen LogP contribution in [0, 0.1) is 12.8 Å². The molecule has 0 aromatic heterocycles. The number of hydrogen-bond acceptors (Lipinski definition) is 3. The number of anilines is 1. The Morgan fingerprint density at radius 3 is 2.61 bits per heavy atom. The highest BCUT2D eigenvalue weighted by Gasteiger charge is 2.18. The first kappa shape index (κ1) is 14.5. The highest BCUT2D eigenvalue weighted by molar-refractivity contribution is 5.99. The Bertz CT molecular complexity index is 416. The summed E-state index contributed by atoms with van der Waals surface area (Å²) in [5, 5.41) is 0. The maximum Gasteiger partial charge on any atom is 0.256 e. The molecule has 0 fully saturated rings. The Hall–Kier alpha value is -1.55. The van der Waals surface area contributed by atoms with Gasteiger partial charge in [0.25, 0.3) is 5.91 Å². The summed E-state index contributed by atoms with van der Waals surface area (Å²) in [6.07, 6.45) is 0. The van der Waals surface area contributed by atoms with Gasteiger partial charge in [0, 0.05) is 13.1 Å². The van der Waals surface area contributed by atoms with Gasteiger partial charge >= 0.3 is 0 Å². The number of aryl methyl sites for hydroxylation is 1. The molecular formula is C14H23N3O. The Kier molecular flexibility index (Phi) is 5.16. The molecule has 3 N–H and O–H groups in total. The summed E-state index contributed by atoms with van der Waals surface area (Å²) in [4.78, 5) is 14.3. The van der Waals surface area contributed by atoms with E-state index in [0.29, 0.717) is 23.7 Å². The van der Waals surface area contributed by atoms with Crippen molar-refractivity contribution in [2.45, 2.75) is 27.7 Å². The number of carbonyl (C=O) groups is 1. The summed E-state index contributed by atoms with van der Waals surface area (Å²) in [6, 6.07) is 5.64. The van der Waals surface area contributed by atoms with Crippen molar-refractivity contribution in [3.05, 3.63) is 29.3 Å². The number of amides is 1. The summed E-state index contributed by atoms with van der Waals surface area (Å²) >= 11 is 0. The summed E-state index contributed by atoms with van der Waals surface area (Å²) < 4.78 is 0. The van der Waals surface area contributed by atoms with Crippen LogP contribution >= 0.6 is 0 Å². The van der Waals surface area contributed by atoms with E-state index < -0.39 is 0 Å². The Morgan fingerprint density at radius 1 is 1.44 bits per heavy atom. The molecule has 0 saturated heterocycles. The van der Waals surface area contributed by atoms with Crippen molar-refractivity contribution < 1.29 is 4.79 Å². The summed E-state index contributed by atoms with van der Waals surface area (Å²) in [7, 11) is 0. The van der Waals surface area contributed by atoms with E-state index in [9.17, 15) is 4.79 Å². The number of carbonyl (C=O) groups excluding carboxylic acids is 1. The van der Waals surface area contributed by atoms with Gasteiger partial charge in [-0.15, -0.1) is 0 Å². The normalized spacial score (nSPS) is 10.6. The molecule has 4 nitrogen and oxygen atoms in total. The molecule has 4 heteroatoms. The first-order valence-electron chi connectivity index (χ1n) is 6.36. The van der Waals surface area contributed by atoms with Crippen LogP contribution in [0.2, 0.25) is 0 Å². The SMILES string of the molecule is CCN(CC(C)C)C(=O)c1ccc(C)cc1NN. The van der Waals surface area contributed by atoms with Gasteiger partial charge in [0.1, 0.15) is 0 Å². The first-order valence-corrected chi connectivity index (χ1v) is 6.36. The van der Waals surface area contributed by atoms with Gasteiger partial charge in [0.05, 0.1) is 11.3 Å². The highest BCUT2D eigenvalue weighted by Crippen LogP contribution is 2.19. The van der Waals surface area contributed by atoms with Gasteiger partial charge in [0.15, 0.2) is 0 Å². The van der Waals surface area contributed by atoms with E-state index in [-0.39, 0.29) is 5.91 Å². The molecule has 0 aliphatic heterocycles. The number of rotatable bonds is 5. The fourth-order valence-corrected chi connectivity index (χ4v) is 1.93.